The van der Waals surface area contributed by atoms with Gasteiger partial charge in [0.25, 0.3) is 0 Å². The predicted octanol–water partition coefficient (Wildman–Crippen LogP) is 3.45. The Morgan fingerprint density at radius 3 is 2.14 bits per heavy atom. The van der Waals surface area contributed by atoms with Crippen LogP contribution in [0.25, 0.3) is 0 Å². The van der Waals surface area contributed by atoms with Gasteiger partial charge in [-0.1, -0.05) is 0 Å². The quantitative estimate of drug-likeness (QED) is 0.787. The van der Waals surface area contributed by atoms with Crippen LogP contribution in [-0.2, 0) is 0 Å². The van der Waals surface area contributed by atoms with E-state index in [9.17, 15) is 9.59 Å². The summed E-state index contributed by atoms with van der Waals surface area (Å²) in [6, 6.07) is 6.83. The Balaban J connectivity index is 1.48. The van der Waals surface area contributed by atoms with Gasteiger partial charge in [-0.3, -0.25) is 4.79 Å². The first kappa shape index (κ1) is 14.1. The predicted molar refractivity (Wildman–Crippen MR) is 82.4 cm³/mol. The molecule has 0 unspecified atom stereocenters. The Kier molecular flexibility index (Phi) is 3.95. The maximum Gasteiger partial charge on any atom is 0.319 e. The minimum Gasteiger partial charge on any atom is -0.338 e. The molecule has 2 amide bonds. The zero-order valence-electron chi connectivity index (χ0n) is 12.4. The molecule has 3 rings (SSSR count). The highest BCUT2D eigenvalue weighted by Gasteiger charge is 2.41. The van der Waals surface area contributed by atoms with E-state index in [0.29, 0.717) is 17.2 Å². The highest BCUT2D eigenvalue weighted by Crippen LogP contribution is 2.48. The molecule has 0 spiro atoms. The van der Waals surface area contributed by atoms with Gasteiger partial charge in [-0.25, -0.2) is 4.79 Å². The van der Waals surface area contributed by atoms with Gasteiger partial charge in [-0.05, 0) is 74.6 Å². The number of nitrogens with one attached hydrogen (secondary N) is 2. The number of benzene rings is 1. The summed E-state index contributed by atoms with van der Waals surface area (Å²) in [5.41, 5.74) is 1.37. The molecule has 0 saturated heterocycles. The molecule has 0 aromatic heterocycles. The molecule has 0 bridgehead atoms. The normalized spacial score (nSPS) is 17.6. The Morgan fingerprint density at radius 1 is 1.10 bits per heavy atom. The molecule has 4 heteroatoms. The summed E-state index contributed by atoms with van der Waals surface area (Å²) in [6.07, 6.45) is 5.32. The van der Waals surface area contributed by atoms with E-state index in [2.05, 4.69) is 10.6 Å². The molecule has 0 atom stereocenters. The molecule has 1 aromatic rings. The number of rotatable bonds is 6. The molecule has 2 N–H and O–H groups in total. The van der Waals surface area contributed by atoms with Crippen LogP contribution in [0.5, 0.6) is 0 Å². The third-order valence-electron chi connectivity index (χ3n) is 4.50. The van der Waals surface area contributed by atoms with Crippen molar-refractivity contribution in [3.8, 4) is 0 Å². The number of carbonyl (C=O) groups is 2. The second-order valence-electron chi connectivity index (χ2n) is 6.31. The Morgan fingerprint density at radius 2 is 1.67 bits per heavy atom. The molecule has 0 aliphatic heterocycles. The third-order valence-corrected chi connectivity index (χ3v) is 4.50. The van der Waals surface area contributed by atoms with E-state index in [0.717, 1.165) is 18.4 Å². The zero-order valence-corrected chi connectivity index (χ0v) is 12.4. The minimum atomic E-state index is -0.156. The van der Waals surface area contributed by atoms with Crippen LogP contribution in [0.15, 0.2) is 24.3 Å². The van der Waals surface area contributed by atoms with E-state index < -0.39 is 0 Å². The first-order valence-corrected chi connectivity index (χ1v) is 7.79. The van der Waals surface area contributed by atoms with Crippen molar-refractivity contribution in [2.75, 3.05) is 11.9 Å². The molecule has 0 radical (unpaired) electrons. The zero-order chi connectivity index (χ0) is 14.8. The van der Waals surface area contributed by atoms with Crippen molar-refractivity contribution >= 4 is 17.5 Å². The molecule has 2 aliphatic carbocycles. The van der Waals surface area contributed by atoms with Crippen LogP contribution in [0.1, 0.15) is 43.0 Å². The van der Waals surface area contributed by atoms with Crippen molar-refractivity contribution in [2.45, 2.75) is 32.6 Å². The number of amides is 2. The second kappa shape index (κ2) is 5.88. The van der Waals surface area contributed by atoms with E-state index in [-0.39, 0.29) is 11.8 Å². The lowest BCUT2D eigenvalue weighted by Gasteiger charge is -2.16. The fourth-order valence-electron chi connectivity index (χ4n) is 2.94. The van der Waals surface area contributed by atoms with Gasteiger partial charge in [0.15, 0.2) is 5.78 Å². The van der Waals surface area contributed by atoms with E-state index in [1.807, 2.05) is 0 Å². The summed E-state index contributed by atoms with van der Waals surface area (Å²) in [7, 11) is 0. The van der Waals surface area contributed by atoms with Gasteiger partial charge in [-0.15, -0.1) is 0 Å². The van der Waals surface area contributed by atoms with Crippen molar-refractivity contribution in [1.29, 1.82) is 0 Å². The molecule has 112 valence electrons. The Labute approximate surface area is 125 Å². The number of ketones is 1. The summed E-state index contributed by atoms with van der Waals surface area (Å²) in [4.78, 5) is 23.1. The fourth-order valence-corrected chi connectivity index (χ4v) is 2.94. The summed E-state index contributed by atoms with van der Waals surface area (Å²) >= 11 is 0. The maximum atomic E-state index is 11.9. The molecule has 2 saturated carbocycles. The van der Waals surface area contributed by atoms with Crippen LogP contribution >= 0.6 is 0 Å². The SMILES string of the molecule is CC(=O)c1ccc(NC(=O)NCC(C2CC2)C2CC2)cc1. The van der Waals surface area contributed by atoms with Gasteiger partial charge in [0.05, 0.1) is 0 Å². The summed E-state index contributed by atoms with van der Waals surface area (Å²) in [5, 5.41) is 5.82. The van der Waals surface area contributed by atoms with Crippen molar-refractivity contribution in [2.24, 2.45) is 17.8 Å². The molecule has 0 heterocycles. The van der Waals surface area contributed by atoms with E-state index in [1.165, 1.54) is 32.6 Å². The molecule has 4 nitrogen and oxygen atoms in total. The number of hydrogen-bond donors (Lipinski definition) is 2. The lowest BCUT2D eigenvalue weighted by molar-refractivity contribution is 0.101. The highest BCUT2D eigenvalue weighted by atomic mass is 16.2. The first-order valence-electron chi connectivity index (χ1n) is 7.79. The van der Waals surface area contributed by atoms with Crippen molar-refractivity contribution in [3.05, 3.63) is 29.8 Å². The van der Waals surface area contributed by atoms with Crippen LogP contribution in [0.4, 0.5) is 10.5 Å². The molecule has 21 heavy (non-hydrogen) atoms. The van der Waals surface area contributed by atoms with Crippen molar-refractivity contribution < 1.29 is 9.59 Å². The van der Waals surface area contributed by atoms with Crippen LogP contribution in [0.2, 0.25) is 0 Å². The Bertz CT molecular complexity index is 518. The van der Waals surface area contributed by atoms with Crippen molar-refractivity contribution in [1.82, 2.24) is 5.32 Å². The lowest BCUT2D eigenvalue weighted by Crippen LogP contribution is -2.34. The number of urea groups is 1. The monoisotopic (exact) mass is 286 g/mol. The molecule has 1 aromatic carbocycles. The van der Waals surface area contributed by atoms with Crippen LogP contribution in [0.3, 0.4) is 0 Å². The van der Waals surface area contributed by atoms with Gasteiger partial charge in [0.1, 0.15) is 0 Å². The topological polar surface area (TPSA) is 58.2 Å². The van der Waals surface area contributed by atoms with E-state index in [4.69, 9.17) is 0 Å². The average molecular weight is 286 g/mol. The molecule has 2 fully saturated rings. The smallest absolute Gasteiger partial charge is 0.319 e. The average Bonchev–Trinajstić information content (AvgIpc) is 3.33. The number of carbonyl (C=O) groups excluding carboxylic acids is 2. The van der Waals surface area contributed by atoms with Gasteiger partial charge in [-0.2, -0.15) is 0 Å². The van der Waals surface area contributed by atoms with Gasteiger partial charge < -0.3 is 10.6 Å². The van der Waals surface area contributed by atoms with Crippen LogP contribution in [-0.4, -0.2) is 18.4 Å². The lowest BCUT2D eigenvalue weighted by atomic mass is 9.98. The highest BCUT2D eigenvalue weighted by molar-refractivity contribution is 5.95. The number of hydrogen-bond acceptors (Lipinski definition) is 2. The molecule has 2 aliphatic rings. The maximum absolute atomic E-state index is 11.9. The minimum absolute atomic E-state index is 0.0303. The second-order valence-corrected chi connectivity index (χ2v) is 6.31. The van der Waals surface area contributed by atoms with Crippen molar-refractivity contribution in [3.63, 3.8) is 0 Å². The fraction of sp³-hybridized carbons (Fsp3) is 0.529. The third kappa shape index (κ3) is 3.84. The van der Waals surface area contributed by atoms with Crippen LogP contribution < -0.4 is 10.6 Å². The standard InChI is InChI=1S/C17H22N2O2/c1-11(20)12-6-8-15(9-7-12)19-17(21)18-10-16(13-2-3-13)14-4-5-14/h6-9,13-14,16H,2-5,10H2,1H3,(H2,18,19,21). The van der Waals surface area contributed by atoms with E-state index >= 15 is 0 Å². The van der Waals surface area contributed by atoms with Gasteiger partial charge in [0, 0.05) is 17.8 Å². The van der Waals surface area contributed by atoms with Gasteiger partial charge in [0.2, 0.25) is 0 Å². The summed E-state index contributed by atoms with van der Waals surface area (Å²) < 4.78 is 0. The first-order chi connectivity index (χ1) is 10.1. The summed E-state index contributed by atoms with van der Waals surface area (Å²) in [5.74, 6) is 2.39. The number of Topliss-reactive ketones (excluding diaryl/α,β-unsaturated/α-hetero) is 1. The molecular formula is C17H22N2O2. The van der Waals surface area contributed by atoms with Crippen LogP contribution in [0, 0.1) is 17.8 Å². The van der Waals surface area contributed by atoms with E-state index in [1.54, 1.807) is 24.3 Å². The number of anilines is 1. The molecular weight excluding hydrogens is 264 g/mol. The largest absolute Gasteiger partial charge is 0.338 e. The summed E-state index contributed by atoms with van der Waals surface area (Å²) in [6.45, 7) is 2.32. The Hall–Kier alpha value is -1.84. The van der Waals surface area contributed by atoms with Gasteiger partial charge >= 0.3 is 6.03 Å².